The maximum Gasteiger partial charge on any atom is 0.120 e. The Balaban J connectivity index is 2.70. The normalized spacial score (nSPS) is 12.9. The molecular weight excluding hydrogens is 242 g/mol. The van der Waals surface area contributed by atoms with Crippen LogP contribution in [0.15, 0.2) is 18.2 Å². The number of phenolic OH excluding ortho intramolecular Hbond substituents is 1. The summed E-state index contributed by atoms with van der Waals surface area (Å²) in [6.07, 6.45) is 1.23. The van der Waals surface area contributed by atoms with Gasteiger partial charge >= 0.3 is 0 Å². The second kappa shape index (κ2) is 7.70. The smallest absolute Gasteiger partial charge is 0.120 e. The van der Waals surface area contributed by atoms with Gasteiger partial charge < -0.3 is 10.0 Å². The lowest BCUT2D eigenvalue weighted by molar-refractivity contribution is 0.385. The van der Waals surface area contributed by atoms with Gasteiger partial charge in [0, 0.05) is 12.1 Å². The van der Waals surface area contributed by atoms with E-state index in [0.29, 0.717) is 11.7 Å². The Labute approximate surface area is 115 Å². The highest BCUT2D eigenvalue weighted by Crippen LogP contribution is 2.26. The van der Waals surface area contributed by atoms with Crippen LogP contribution in [0, 0.1) is 0 Å². The van der Waals surface area contributed by atoms with Crippen LogP contribution in [-0.4, -0.2) is 35.6 Å². The van der Waals surface area contributed by atoms with Crippen molar-refractivity contribution in [2.75, 3.05) is 25.6 Å². The maximum absolute atomic E-state index is 9.85. The zero-order valence-corrected chi connectivity index (χ0v) is 12.8. The van der Waals surface area contributed by atoms with Gasteiger partial charge in [-0.1, -0.05) is 26.0 Å². The second-order valence-corrected chi connectivity index (χ2v) is 6.25. The minimum absolute atomic E-state index is 0.404. The molecule has 2 nitrogen and oxygen atoms in total. The third-order valence-electron chi connectivity index (χ3n) is 2.88. The molecule has 18 heavy (non-hydrogen) atoms. The van der Waals surface area contributed by atoms with Crippen molar-refractivity contribution in [3.8, 4) is 5.75 Å². The Morgan fingerprint density at radius 1 is 1.33 bits per heavy atom. The summed E-state index contributed by atoms with van der Waals surface area (Å²) in [6.45, 7) is 5.26. The molecule has 102 valence electrons. The monoisotopic (exact) mass is 267 g/mol. The Hall–Kier alpha value is -0.670. The molecule has 0 heterocycles. The molecule has 0 aliphatic rings. The topological polar surface area (TPSA) is 23.5 Å². The summed E-state index contributed by atoms with van der Waals surface area (Å²) in [5, 5.41) is 9.85. The van der Waals surface area contributed by atoms with Crippen LogP contribution >= 0.6 is 11.8 Å². The highest BCUT2D eigenvalue weighted by molar-refractivity contribution is 7.99. The number of rotatable bonds is 7. The van der Waals surface area contributed by atoms with Crippen LogP contribution in [0.2, 0.25) is 0 Å². The molecule has 0 aromatic heterocycles. The molecule has 1 atom stereocenters. The van der Waals surface area contributed by atoms with Crippen molar-refractivity contribution < 1.29 is 5.11 Å². The number of aromatic hydroxyl groups is 1. The zero-order chi connectivity index (χ0) is 13.5. The van der Waals surface area contributed by atoms with Crippen molar-refractivity contribution in [2.24, 2.45) is 0 Å². The third kappa shape index (κ3) is 4.91. The highest BCUT2D eigenvalue weighted by Gasteiger charge is 2.09. The predicted octanol–water partition coefficient (Wildman–Crippen LogP) is 3.70. The first-order valence-electron chi connectivity index (χ1n) is 6.58. The summed E-state index contributed by atoms with van der Waals surface area (Å²) in [6, 6.07) is 6.02. The molecule has 0 amide bonds. The van der Waals surface area contributed by atoms with Gasteiger partial charge in [-0.25, -0.2) is 0 Å². The second-order valence-electron chi connectivity index (χ2n) is 5.10. The number of hydrogen-bond acceptors (Lipinski definition) is 3. The van der Waals surface area contributed by atoms with Gasteiger partial charge in [0.1, 0.15) is 5.75 Å². The van der Waals surface area contributed by atoms with E-state index in [1.165, 1.54) is 17.7 Å². The molecule has 3 heteroatoms. The van der Waals surface area contributed by atoms with Crippen molar-refractivity contribution in [3.05, 3.63) is 29.3 Å². The van der Waals surface area contributed by atoms with Crippen molar-refractivity contribution >= 4 is 11.8 Å². The lowest BCUT2D eigenvalue weighted by Gasteiger charge is -2.16. The Morgan fingerprint density at radius 3 is 2.67 bits per heavy atom. The summed E-state index contributed by atoms with van der Waals surface area (Å²) in [7, 11) is 4.04. The fourth-order valence-corrected chi connectivity index (χ4v) is 2.88. The van der Waals surface area contributed by atoms with E-state index < -0.39 is 0 Å². The summed E-state index contributed by atoms with van der Waals surface area (Å²) in [4.78, 5) is 2.08. The van der Waals surface area contributed by atoms with Crippen LogP contribution in [0.1, 0.15) is 37.3 Å². The fraction of sp³-hybridized carbons (Fsp3) is 0.600. The van der Waals surface area contributed by atoms with Gasteiger partial charge in [0.25, 0.3) is 0 Å². The molecule has 0 aliphatic carbocycles. The fourth-order valence-electron chi connectivity index (χ4n) is 1.88. The molecule has 0 saturated heterocycles. The van der Waals surface area contributed by atoms with E-state index in [4.69, 9.17) is 0 Å². The Kier molecular flexibility index (Phi) is 6.58. The van der Waals surface area contributed by atoms with E-state index in [9.17, 15) is 5.11 Å². The van der Waals surface area contributed by atoms with Crippen LogP contribution < -0.4 is 0 Å². The van der Waals surface area contributed by atoms with Gasteiger partial charge in [-0.15, -0.1) is 0 Å². The van der Waals surface area contributed by atoms with Crippen molar-refractivity contribution in [1.29, 1.82) is 0 Å². The Bertz CT molecular complexity index is 366. The molecule has 0 fully saturated rings. The van der Waals surface area contributed by atoms with Crippen LogP contribution in [-0.2, 0) is 6.54 Å². The van der Waals surface area contributed by atoms with Gasteiger partial charge in [0.05, 0.1) is 0 Å². The molecule has 0 spiro atoms. The standard InChI is InChI=1S/C15H25NOS/c1-5-8-18-11-12(2)13-6-7-15(17)14(9-13)10-16(3)4/h6-7,9,12,17H,5,8,10-11H2,1-4H3. The number of thioether (sulfide) groups is 1. The molecular formula is C15H25NOS. The summed E-state index contributed by atoms with van der Waals surface area (Å²) in [5.74, 6) is 3.33. The molecule has 1 aromatic rings. The lowest BCUT2D eigenvalue weighted by Crippen LogP contribution is -2.11. The van der Waals surface area contributed by atoms with Crippen LogP contribution in [0.3, 0.4) is 0 Å². The summed E-state index contributed by atoms with van der Waals surface area (Å²) in [5.41, 5.74) is 2.35. The largest absolute Gasteiger partial charge is 0.508 e. The van der Waals surface area contributed by atoms with E-state index in [-0.39, 0.29) is 0 Å². The van der Waals surface area contributed by atoms with Crippen molar-refractivity contribution in [1.82, 2.24) is 4.90 Å². The molecule has 1 unspecified atom stereocenters. The maximum atomic E-state index is 9.85. The first kappa shape index (κ1) is 15.4. The van der Waals surface area contributed by atoms with Gasteiger partial charge in [0.15, 0.2) is 0 Å². The average Bonchev–Trinajstić information content (AvgIpc) is 2.31. The number of phenols is 1. The van der Waals surface area contributed by atoms with Crippen LogP contribution in [0.4, 0.5) is 0 Å². The van der Waals surface area contributed by atoms with Gasteiger partial charge in [-0.3, -0.25) is 0 Å². The molecule has 1 N–H and O–H groups in total. The minimum Gasteiger partial charge on any atom is -0.508 e. The first-order chi connectivity index (χ1) is 8.54. The van der Waals surface area contributed by atoms with Crippen molar-refractivity contribution in [3.63, 3.8) is 0 Å². The number of hydrogen-bond donors (Lipinski definition) is 1. The number of nitrogens with zero attached hydrogens (tertiary/aromatic N) is 1. The zero-order valence-electron chi connectivity index (χ0n) is 11.9. The van der Waals surface area contributed by atoms with Gasteiger partial charge in [-0.05, 0) is 49.6 Å². The van der Waals surface area contributed by atoms with Crippen LogP contribution in [0.25, 0.3) is 0 Å². The van der Waals surface area contributed by atoms with Gasteiger partial charge in [0.2, 0.25) is 0 Å². The van der Waals surface area contributed by atoms with Crippen LogP contribution in [0.5, 0.6) is 5.75 Å². The predicted molar refractivity (Wildman–Crippen MR) is 81.5 cm³/mol. The third-order valence-corrected chi connectivity index (χ3v) is 4.31. The minimum atomic E-state index is 0.404. The lowest BCUT2D eigenvalue weighted by atomic mass is 10.00. The van der Waals surface area contributed by atoms with Gasteiger partial charge in [-0.2, -0.15) is 11.8 Å². The highest BCUT2D eigenvalue weighted by atomic mass is 32.2. The number of benzene rings is 1. The van der Waals surface area contributed by atoms with E-state index in [1.807, 2.05) is 38.0 Å². The SMILES string of the molecule is CCCSCC(C)c1ccc(O)c(CN(C)C)c1. The summed E-state index contributed by atoms with van der Waals surface area (Å²) >= 11 is 2.01. The molecule has 0 aliphatic heterocycles. The molecule has 0 bridgehead atoms. The molecule has 0 saturated carbocycles. The molecule has 1 aromatic carbocycles. The van der Waals surface area contributed by atoms with E-state index >= 15 is 0 Å². The summed E-state index contributed by atoms with van der Waals surface area (Å²) < 4.78 is 0. The first-order valence-corrected chi connectivity index (χ1v) is 7.74. The average molecular weight is 267 g/mol. The van der Waals surface area contributed by atoms with E-state index in [2.05, 4.69) is 24.8 Å². The van der Waals surface area contributed by atoms with Crippen molar-refractivity contribution in [2.45, 2.75) is 32.7 Å². The quantitative estimate of drug-likeness (QED) is 0.762. The molecule has 1 rings (SSSR count). The molecule has 0 radical (unpaired) electrons. The van der Waals surface area contributed by atoms with E-state index in [1.54, 1.807) is 0 Å². The Morgan fingerprint density at radius 2 is 2.06 bits per heavy atom. The van der Waals surface area contributed by atoms with E-state index in [0.717, 1.165) is 17.9 Å².